The molecule has 0 bridgehead atoms. The van der Waals surface area contributed by atoms with Crippen molar-refractivity contribution in [3.8, 4) is 6.07 Å². The number of hydrogen-bond donors (Lipinski definition) is 0. The van der Waals surface area contributed by atoms with Crippen LogP contribution in [0.15, 0.2) is 42.5 Å². The highest BCUT2D eigenvalue weighted by molar-refractivity contribution is 5.92. The molecule has 23 heavy (non-hydrogen) atoms. The third-order valence-electron chi connectivity index (χ3n) is 4.38. The number of nitriles is 1. The minimum Gasteiger partial charge on any atom is -0.332 e. The summed E-state index contributed by atoms with van der Waals surface area (Å²) >= 11 is 0. The molecule has 0 saturated carbocycles. The molecule has 0 atom stereocenters. The Bertz CT molecular complexity index is 911. The number of hydrogen-bond acceptors (Lipinski definition) is 2. The molecule has 114 valence electrons. The van der Waals surface area contributed by atoms with E-state index in [1.807, 2.05) is 29.7 Å². The molecule has 3 nitrogen and oxygen atoms in total. The Morgan fingerprint density at radius 3 is 2.52 bits per heavy atom. The fourth-order valence-electron chi connectivity index (χ4n) is 2.95. The van der Waals surface area contributed by atoms with E-state index in [1.54, 1.807) is 0 Å². The van der Waals surface area contributed by atoms with E-state index in [-0.39, 0.29) is 0 Å². The number of nitrogens with zero attached hydrogens (tertiary/aromatic N) is 2. The number of rotatable bonds is 4. The summed E-state index contributed by atoms with van der Waals surface area (Å²) in [6.07, 6.45) is 1.73. The fourth-order valence-corrected chi connectivity index (χ4v) is 2.95. The predicted octanol–water partition coefficient (Wildman–Crippen LogP) is 4.19. The zero-order chi connectivity index (χ0) is 16.4. The molecule has 2 aromatic carbocycles. The van der Waals surface area contributed by atoms with Crippen LogP contribution >= 0.6 is 0 Å². The standard InChI is InChI=1S/C20H18N2O/c1-14-3-5-16(6-4-14)9-10-22-18(12-21)11-19-15(2)17(13-23)7-8-20(19)22/h3-8,11,13H,9-10H2,1-2H3. The number of fused-ring (bicyclic) bond motifs is 1. The van der Waals surface area contributed by atoms with Crippen molar-refractivity contribution >= 4 is 17.2 Å². The lowest BCUT2D eigenvalue weighted by Gasteiger charge is -2.09. The maximum atomic E-state index is 11.1. The zero-order valence-corrected chi connectivity index (χ0v) is 13.3. The third-order valence-corrected chi connectivity index (χ3v) is 4.38. The Morgan fingerprint density at radius 2 is 1.87 bits per heavy atom. The Morgan fingerprint density at radius 1 is 1.13 bits per heavy atom. The summed E-state index contributed by atoms with van der Waals surface area (Å²) in [6, 6.07) is 16.4. The fraction of sp³-hybridized carbons (Fsp3) is 0.200. The van der Waals surface area contributed by atoms with E-state index < -0.39 is 0 Å². The normalized spacial score (nSPS) is 10.7. The molecular formula is C20H18N2O. The predicted molar refractivity (Wildman–Crippen MR) is 91.7 cm³/mol. The molecule has 3 heteroatoms. The van der Waals surface area contributed by atoms with Gasteiger partial charge in [-0.1, -0.05) is 29.8 Å². The van der Waals surface area contributed by atoms with E-state index in [0.29, 0.717) is 11.3 Å². The molecule has 0 radical (unpaired) electrons. The minimum absolute atomic E-state index is 0.637. The number of benzene rings is 2. The molecule has 0 aliphatic rings. The SMILES string of the molecule is Cc1ccc(CCn2c(C#N)cc3c(C)c(C=O)ccc32)cc1. The van der Waals surface area contributed by atoms with Gasteiger partial charge in [-0.15, -0.1) is 0 Å². The van der Waals surface area contributed by atoms with E-state index in [1.165, 1.54) is 11.1 Å². The van der Waals surface area contributed by atoms with Crippen LogP contribution in [-0.2, 0) is 13.0 Å². The van der Waals surface area contributed by atoms with Crippen LogP contribution in [0.3, 0.4) is 0 Å². The molecule has 3 aromatic rings. The Kier molecular flexibility index (Phi) is 3.99. The quantitative estimate of drug-likeness (QED) is 0.678. The van der Waals surface area contributed by atoms with Gasteiger partial charge in [0.15, 0.2) is 0 Å². The summed E-state index contributed by atoms with van der Waals surface area (Å²) in [5, 5.41) is 10.4. The number of aryl methyl sites for hydroxylation is 4. The summed E-state index contributed by atoms with van der Waals surface area (Å²) in [6.45, 7) is 4.75. The molecule has 0 spiro atoms. The van der Waals surface area contributed by atoms with Gasteiger partial charge in [0, 0.05) is 23.0 Å². The smallest absolute Gasteiger partial charge is 0.150 e. The van der Waals surface area contributed by atoms with Crippen molar-refractivity contribution in [1.82, 2.24) is 4.57 Å². The van der Waals surface area contributed by atoms with Crippen molar-refractivity contribution in [2.24, 2.45) is 0 Å². The van der Waals surface area contributed by atoms with Crippen molar-refractivity contribution in [3.05, 3.63) is 70.4 Å². The van der Waals surface area contributed by atoms with Gasteiger partial charge < -0.3 is 4.57 Å². The molecule has 0 N–H and O–H groups in total. The molecule has 0 aliphatic carbocycles. The lowest BCUT2D eigenvalue weighted by molar-refractivity contribution is 0.112. The second-order valence-electron chi connectivity index (χ2n) is 5.86. The Hall–Kier alpha value is -2.86. The summed E-state index contributed by atoms with van der Waals surface area (Å²) < 4.78 is 2.04. The van der Waals surface area contributed by atoms with Gasteiger partial charge in [-0.2, -0.15) is 5.26 Å². The van der Waals surface area contributed by atoms with Gasteiger partial charge >= 0.3 is 0 Å². The second-order valence-corrected chi connectivity index (χ2v) is 5.86. The molecular weight excluding hydrogens is 284 g/mol. The highest BCUT2D eigenvalue weighted by Crippen LogP contribution is 2.25. The van der Waals surface area contributed by atoms with Crippen LogP contribution in [0.25, 0.3) is 10.9 Å². The van der Waals surface area contributed by atoms with Crippen LogP contribution < -0.4 is 0 Å². The maximum absolute atomic E-state index is 11.1. The van der Waals surface area contributed by atoms with Crippen LogP contribution in [0.2, 0.25) is 0 Å². The molecule has 0 aliphatic heterocycles. The van der Waals surface area contributed by atoms with Crippen LogP contribution in [0.1, 0.15) is 32.7 Å². The largest absolute Gasteiger partial charge is 0.332 e. The molecule has 1 aromatic heterocycles. The first-order valence-corrected chi connectivity index (χ1v) is 7.67. The van der Waals surface area contributed by atoms with Crippen molar-refractivity contribution in [2.75, 3.05) is 0 Å². The third kappa shape index (κ3) is 2.76. The first kappa shape index (κ1) is 15.1. The van der Waals surface area contributed by atoms with Crippen LogP contribution in [0.5, 0.6) is 0 Å². The van der Waals surface area contributed by atoms with Gasteiger partial charge in [0.05, 0.1) is 0 Å². The summed E-state index contributed by atoms with van der Waals surface area (Å²) in [7, 11) is 0. The Balaban J connectivity index is 1.99. The van der Waals surface area contributed by atoms with Gasteiger partial charge in [-0.25, -0.2) is 0 Å². The van der Waals surface area contributed by atoms with Crippen molar-refractivity contribution in [3.63, 3.8) is 0 Å². The molecule has 0 unspecified atom stereocenters. The minimum atomic E-state index is 0.637. The van der Waals surface area contributed by atoms with Crippen LogP contribution in [0.4, 0.5) is 0 Å². The van der Waals surface area contributed by atoms with Crippen molar-refractivity contribution in [2.45, 2.75) is 26.8 Å². The summed E-state index contributed by atoms with van der Waals surface area (Å²) in [4.78, 5) is 11.1. The van der Waals surface area contributed by atoms with Crippen LogP contribution in [-0.4, -0.2) is 10.9 Å². The number of carbonyl (C=O) groups excluding carboxylic acids is 1. The van der Waals surface area contributed by atoms with E-state index in [0.717, 1.165) is 35.7 Å². The number of aldehydes is 1. The highest BCUT2D eigenvalue weighted by Gasteiger charge is 2.12. The summed E-state index contributed by atoms with van der Waals surface area (Å²) in [5.41, 5.74) is 5.76. The number of carbonyl (C=O) groups is 1. The number of aromatic nitrogens is 1. The van der Waals surface area contributed by atoms with Gasteiger partial charge in [0.25, 0.3) is 0 Å². The first-order valence-electron chi connectivity index (χ1n) is 7.67. The van der Waals surface area contributed by atoms with Crippen LogP contribution in [0, 0.1) is 25.2 Å². The van der Waals surface area contributed by atoms with E-state index in [2.05, 4.69) is 37.3 Å². The van der Waals surface area contributed by atoms with Gasteiger partial charge in [0.2, 0.25) is 0 Å². The van der Waals surface area contributed by atoms with E-state index >= 15 is 0 Å². The maximum Gasteiger partial charge on any atom is 0.150 e. The van der Waals surface area contributed by atoms with Crippen molar-refractivity contribution < 1.29 is 4.79 Å². The average Bonchev–Trinajstić information content (AvgIpc) is 2.93. The van der Waals surface area contributed by atoms with E-state index in [9.17, 15) is 10.1 Å². The van der Waals surface area contributed by atoms with Gasteiger partial charge in [-0.3, -0.25) is 4.79 Å². The lowest BCUT2D eigenvalue weighted by atomic mass is 10.1. The van der Waals surface area contributed by atoms with Gasteiger partial charge in [-0.05, 0) is 49.6 Å². The topological polar surface area (TPSA) is 45.8 Å². The first-order chi connectivity index (χ1) is 11.1. The van der Waals surface area contributed by atoms with E-state index in [4.69, 9.17) is 0 Å². The average molecular weight is 302 g/mol. The zero-order valence-electron chi connectivity index (χ0n) is 13.3. The summed E-state index contributed by atoms with van der Waals surface area (Å²) in [5.74, 6) is 0. The van der Waals surface area contributed by atoms with Gasteiger partial charge in [0.1, 0.15) is 18.0 Å². The molecule has 3 rings (SSSR count). The monoisotopic (exact) mass is 302 g/mol. The highest BCUT2D eigenvalue weighted by atomic mass is 16.1. The second kappa shape index (κ2) is 6.10. The Labute approximate surface area is 135 Å². The van der Waals surface area contributed by atoms with Crippen molar-refractivity contribution in [1.29, 1.82) is 5.26 Å². The molecule has 1 heterocycles. The lowest BCUT2D eigenvalue weighted by Crippen LogP contribution is -2.03. The molecule has 0 saturated heterocycles. The molecule has 0 fully saturated rings. The molecule has 0 amide bonds.